The second kappa shape index (κ2) is 10.6. The predicted molar refractivity (Wildman–Crippen MR) is 110 cm³/mol. The van der Waals surface area contributed by atoms with Crippen molar-refractivity contribution < 1.29 is 19.1 Å². The highest BCUT2D eigenvalue weighted by Gasteiger charge is 2.16. The van der Waals surface area contributed by atoms with Crippen LogP contribution in [0.2, 0.25) is 5.02 Å². The van der Waals surface area contributed by atoms with E-state index in [1.54, 1.807) is 48.5 Å². The van der Waals surface area contributed by atoms with Crippen LogP contribution in [0.15, 0.2) is 53.6 Å². The Hall–Kier alpha value is -2.90. The highest BCUT2D eigenvalue weighted by molar-refractivity contribution is 6.33. The minimum atomic E-state index is -0.388. The fourth-order valence-electron chi connectivity index (χ4n) is 2.75. The highest BCUT2D eigenvalue weighted by atomic mass is 35.5. The molecule has 0 spiro atoms. The number of rotatable bonds is 8. The Kier molecular flexibility index (Phi) is 7.61. The molecule has 7 nitrogen and oxygen atoms in total. The first kappa shape index (κ1) is 20.8. The van der Waals surface area contributed by atoms with Crippen molar-refractivity contribution in [2.24, 2.45) is 5.10 Å². The summed E-state index contributed by atoms with van der Waals surface area (Å²) >= 11 is 5.98. The minimum Gasteiger partial charge on any atom is -0.484 e. The van der Waals surface area contributed by atoms with E-state index in [-0.39, 0.29) is 24.5 Å². The van der Waals surface area contributed by atoms with E-state index >= 15 is 0 Å². The summed E-state index contributed by atoms with van der Waals surface area (Å²) in [5, 5.41) is 7.09. The highest BCUT2D eigenvalue weighted by Crippen LogP contribution is 2.15. The number of halogens is 1. The summed E-state index contributed by atoms with van der Waals surface area (Å²) in [4.78, 5) is 23.8. The van der Waals surface area contributed by atoms with Crippen LogP contribution in [0.3, 0.4) is 0 Å². The summed E-state index contributed by atoms with van der Waals surface area (Å²) in [6, 6.07) is 13.7. The fourth-order valence-corrected chi connectivity index (χ4v) is 2.98. The van der Waals surface area contributed by atoms with Gasteiger partial charge in [-0.25, -0.2) is 5.43 Å². The quantitative estimate of drug-likeness (QED) is 0.512. The van der Waals surface area contributed by atoms with Crippen molar-refractivity contribution >= 4 is 29.6 Å². The van der Waals surface area contributed by atoms with Crippen molar-refractivity contribution in [1.82, 2.24) is 10.7 Å². The first-order chi connectivity index (χ1) is 14.1. The zero-order chi connectivity index (χ0) is 20.5. The summed E-state index contributed by atoms with van der Waals surface area (Å²) in [5.74, 6) is -0.0104. The Balaban J connectivity index is 1.41. The zero-order valence-electron chi connectivity index (χ0n) is 15.8. The number of ether oxygens (including phenoxy) is 2. The third-order valence-electron chi connectivity index (χ3n) is 4.30. The van der Waals surface area contributed by atoms with Gasteiger partial charge in [-0.05, 0) is 54.8 Å². The van der Waals surface area contributed by atoms with Crippen molar-refractivity contribution in [2.75, 3.05) is 19.8 Å². The van der Waals surface area contributed by atoms with E-state index in [0.717, 1.165) is 25.0 Å². The van der Waals surface area contributed by atoms with E-state index in [1.807, 2.05) is 0 Å². The van der Waals surface area contributed by atoms with E-state index in [2.05, 4.69) is 15.8 Å². The largest absolute Gasteiger partial charge is 0.484 e. The molecule has 1 fully saturated rings. The molecular formula is C21H22ClN3O4. The number of amides is 2. The number of hydrogen-bond acceptors (Lipinski definition) is 5. The van der Waals surface area contributed by atoms with Crippen LogP contribution >= 0.6 is 11.6 Å². The molecule has 1 aliphatic heterocycles. The number of nitrogens with one attached hydrogen (secondary N) is 2. The third-order valence-corrected chi connectivity index (χ3v) is 4.63. The average Bonchev–Trinajstić information content (AvgIpc) is 3.25. The second-order valence-corrected chi connectivity index (χ2v) is 6.88. The molecule has 0 radical (unpaired) electrons. The maximum absolute atomic E-state index is 12.0. The van der Waals surface area contributed by atoms with Gasteiger partial charge in [0.15, 0.2) is 6.61 Å². The van der Waals surface area contributed by atoms with Crippen molar-refractivity contribution in [3.8, 4) is 5.75 Å². The molecule has 0 aromatic heterocycles. The van der Waals surface area contributed by atoms with Crippen LogP contribution in [0.1, 0.15) is 28.8 Å². The van der Waals surface area contributed by atoms with Gasteiger partial charge in [0.1, 0.15) is 5.75 Å². The molecule has 152 valence electrons. The van der Waals surface area contributed by atoms with Gasteiger partial charge in [-0.1, -0.05) is 23.7 Å². The van der Waals surface area contributed by atoms with Crippen molar-refractivity contribution in [3.05, 3.63) is 64.7 Å². The lowest BCUT2D eigenvalue weighted by Gasteiger charge is -2.11. The summed E-state index contributed by atoms with van der Waals surface area (Å²) in [7, 11) is 0. The number of hydrogen-bond donors (Lipinski definition) is 2. The van der Waals surface area contributed by atoms with Gasteiger partial charge >= 0.3 is 0 Å². The van der Waals surface area contributed by atoms with Gasteiger partial charge in [0.2, 0.25) is 0 Å². The van der Waals surface area contributed by atoms with Crippen LogP contribution < -0.4 is 15.5 Å². The van der Waals surface area contributed by atoms with E-state index in [1.165, 1.54) is 6.21 Å². The number of nitrogens with zero attached hydrogens (tertiary/aromatic N) is 1. The minimum absolute atomic E-state index is 0.0615. The number of benzene rings is 2. The van der Waals surface area contributed by atoms with Crippen molar-refractivity contribution in [1.29, 1.82) is 0 Å². The van der Waals surface area contributed by atoms with Gasteiger partial charge in [0, 0.05) is 13.2 Å². The van der Waals surface area contributed by atoms with Gasteiger partial charge in [0.05, 0.1) is 22.9 Å². The smallest absolute Gasteiger partial charge is 0.272 e. The van der Waals surface area contributed by atoms with E-state index in [0.29, 0.717) is 22.9 Å². The summed E-state index contributed by atoms with van der Waals surface area (Å²) in [5.41, 5.74) is 3.55. The molecule has 2 amide bonds. The molecule has 1 heterocycles. The fraction of sp³-hybridized carbons (Fsp3) is 0.286. The van der Waals surface area contributed by atoms with Gasteiger partial charge in [-0.2, -0.15) is 5.10 Å². The summed E-state index contributed by atoms with van der Waals surface area (Å²) < 4.78 is 10.9. The van der Waals surface area contributed by atoms with E-state index in [4.69, 9.17) is 21.1 Å². The number of carbonyl (C=O) groups is 2. The monoisotopic (exact) mass is 415 g/mol. The Morgan fingerprint density at radius 3 is 2.72 bits per heavy atom. The van der Waals surface area contributed by atoms with Gasteiger partial charge in [-0.15, -0.1) is 0 Å². The standard InChI is InChI=1S/C21H22ClN3O4/c22-19-6-2-1-5-18(19)21(27)25-24-12-15-7-9-16(10-8-15)29-14-20(26)23-13-17-4-3-11-28-17/h1-2,5-10,12,17H,3-4,11,13-14H2,(H,23,26)(H,25,27)/b24-12-/t17-/m1/s1. The number of hydrazone groups is 1. The molecule has 2 aromatic rings. The van der Waals surface area contributed by atoms with Crippen LogP contribution in [0.25, 0.3) is 0 Å². The first-order valence-electron chi connectivity index (χ1n) is 9.31. The van der Waals surface area contributed by atoms with Crippen LogP contribution in [0.4, 0.5) is 0 Å². The summed E-state index contributed by atoms with van der Waals surface area (Å²) in [6.07, 6.45) is 3.63. The molecule has 1 aliphatic rings. The van der Waals surface area contributed by atoms with Crippen LogP contribution in [-0.2, 0) is 9.53 Å². The topological polar surface area (TPSA) is 89.0 Å². The summed E-state index contributed by atoms with van der Waals surface area (Å²) in [6.45, 7) is 1.21. The van der Waals surface area contributed by atoms with Gasteiger partial charge in [0.25, 0.3) is 11.8 Å². The average molecular weight is 416 g/mol. The second-order valence-electron chi connectivity index (χ2n) is 6.48. The molecule has 0 unspecified atom stereocenters. The maximum atomic E-state index is 12.0. The first-order valence-corrected chi connectivity index (χ1v) is 9.69. The molecule has 2 aromatic carbocycles. The lowest BCUT2D eigenvalue weighted by molar-refractivity contribution is -0.123. The van der Waals surface area contributed by atoms with Gasteiger partial charge in [-0.3, -0.25) is 9.59 Å². The molecule has 29 heavy (non-hydrogen) atoms. The Morgan fingerprint density at radius 1 is 1.21 bits per heavy atom. The Bertz CT molecular complexity index is 864. The molecule has 2 N–H and O–H groups in total. The number of carbonyl (C=O) groups excluding carboxylic acids is 2. The maximum Gasteiger partial charge on any atom is 0.272 e. The zero-order valence-corrected chi connectivity index (χ0v) is 16.5. The lowest BCUT2D eigenvalue weighted by Crippen LogP contribution is -2.35. The van der Waals surface area contributed by atoms with E-state index in [9.17, 15) is 9.59 Å². The molecule has 1 atom stereocenters. The molecule has 3 rings (SSSR count). The van der Waals surface area contributed by atoms with E-state index < -0.39 is 0 Å². The molecule has 0 aliphatic carbocycles. The predicted octanol–water partition coefficient (Wildman–Crippen LogP) is 2.78. The lowest BCUT2D eigenvalue weighted by atomic mass is 10.2. The van der Waals surface area contributed by atoms with Crippen LogP contribution in [0.5, 0.6) is 5.75 Å². The normalized spacial score (nSPS) is 16.0. The van der Waals surface area contributed by atoms with Crippen LogP contribution in [0, 0.1) is 0 Å². The van der Waals surface area contributed by atoms with Crippen molar-refractivity contribution in [2.45, 2.75) is 18.9 Å². The third kappa shape index (κ3) is 6.58. The van der Waals surface area contributed by atoms with Gasteiger partial charge < -0.3 is 14.8 Å². The molecule has 0 bridgehead atoms. The SMILES string of the molecule is O=C(COc1ccc(/C=N\NC(=O)c2ccccc2Cl)cc1)NC[C@H]1CCCO1. The van der Waals surface area contributed by atoms with Crippen molar-refractivity contribution in [3.63, 3.8) is 0 Å². The molecule has 1 saturated heterocycles. The molecular weight excluding hydrogens is 394 g/mol. The molecule has 0 saturated carbocycles. The van der Waals surface area contributed by atoms with Crippen LogP contribution in [-0.4, -0.2) is 43.9 Å². The Labute approximate surface area is 174 Å². The molecule has 8 heteroatoms. The Morgan fingerprint density at radius 2 is 2.00 bits per heavy atom.